The molecule has 0 bridgehead atoms. The third-order valence-corrected chi connectivity index (χ3v) is 11.4. The van der Waals surface area contributed by atoms with Crippen molar-refractivity contribution in [2.24, 2.45) is 0 Å². The van der Waals surface area contributed by atoms with Crippen LogP contribution in [0.1, 0.15) is 54.1 Å². The van der Waals surface area contributed by atoms with Gasteiger partial charge in [-0.25, -0.2) is 16.8 Å². The van der Waals surface area contributed by atoms with Crippen LogP contribution in [-0.4, -0.2) is 76.7 Å². The number of thiophene rings is 1. The third kappa shape index (κ3) is 9.07. The second-order valence-electron chi connectivity index (χ2n) is 13.0. The van der Waals surface area contributed by atoms with Crippen molar-refractivity contribution in [2.75, 3.05) is 48.7 Å². The zero-order valence-electron chi connectivity index (χ0n) is 27.8. The van der Waals surface area contributed by atoms with Crippen LogP contribution in [0.15, 0.2) is 60.7 Å². The number of ether oxygens (including phenoxy) is 1. The van der Waals surface area contributed by atoms with E-state index in [0.29, 0.717) is 54.0 Å². The second-order valence-corrected chi connectivity index (χ2v) is 18.3. The maximum absolute atomic E-state index is 13.4. The summed E-state index contributed by atoms with van der Waals surface area (Å²) in [7, 11) is -6.64. The average Bonchev–Trinajstić information content (AvgIpc) is 3.39. The van der Waals surface area contributed by atoms with Crippen molar-refractivity contribution < 1.29 is 26.4 Å². The molecule has 10 nitrogen and oxygen atoms in total. The number of fused-ring (bicyclic) bond motifs is 1. The minimum Gasteiger partial charge on any atom is -0.491 e. The van der Waals surface area contributed by atoms with Crippen LogP contribution in [0.4, 0.5) is 11.4 Å². The molecule has 0 atom stereocenters. The maximum atomic E-state index is 13.4. The molecule has 4 aromatic rings. The molecule has 1 aliphatic rings. The Labute approximate surface area is 292 Å². The van der Waals surface area contributed by atoms with E-state index in [4.69, 9.17) is 16.3 Å². The highest BCUT2D eigenvalue weighted by atomic mass is 35.5. The summed E-state index contributed by atoms with van der Waals surface area (Å²) in [6.45, 7) is 11.0. The fourth-order valence-corrected chi connectivity index (χ4v) is 8.30. The van der Waals surface area contributed by atoms with Gasteiger partial charge in [-0.05, 0) is 90.5 Å². The van der Waals surface area contributed by atoms with E-state index in [0.717, 1.165) is 38.8 Å². The summed E-state index contributed by atoms with van der Waals surface area (Å²) >= 11 is 7.94. The summed E-state index contributed by atoms with van der Waals surface area (Å²) < 4.78 is 58.3. The molecule has 1 fully saturated rings. The van der Waals surface area contributed by atoms with E-state index in [-0.39, 0.29) is 12.0 Å². The molecular weight excluding hydrogens is 692 g/mol. The lowest BCUT2D eigenvalue weighted by molar-refractivity contribution is 0.103. The zero-order valence-corrected chi connectivity index (χ0v) is 31.0. The van der Waals surface area contributed by atoms with Gasteiger partial charge in [0.25, 0.3) is 5.91 Å². The van der Waals surface area contributed by atoms with E-state index in [9.17, 15) is 21.6 Å². The summed E-state index contributed by atoms with van der Waals surface area (Å²) in [5.74, 6) is 0.445. The summed E-state index contributed by atoms with van der Waals surface area (Å²) in [6, 6.07) is 18.6. The predicted octanol–water partition coefficient (Wildman–Crippen LogP) is 6.37. The van der Waals surface area contributed by atoms with Gasteiger partial charge >= 0.3 is 0 Å². The van der Waals surface area contributed by atoms with Crippen LogP contribution in [0.5, 0.6) is 5.75 Å². The van der Waals surface area contributed by atoms with Crippen LogP contribution in [0.3, 0.4) is 0 Å². The molecule has 0 aliphatic carbocycles. The Morgan fingerprint density at radius 1 is 0.917 bits per heavy atom. The molecule has 1 saturated heterocycles. The number of anilines is 2. The molecule has 3 aromatic carbocycles. The molecular formula is C34H41ClN4O6S3. The van der Waals surface area contributed by atoms with Gasteiger partial charge in [-0.15, -0.1) is 11.3 Å². The fraction of sp³-hybridized carbons (Fsp3) is 0.382. The smallest absolute Gasteiger partial charge is 0.265 e. The zero-order chi connectivity index (χ0) is 35.0. The Kier molecular flexibility index (Phi) is 10.5. The van der Waals surface area contributed by atoms with Crippen LogP contribution in [0.2, 0.25) is 5.02 Å². The number of hydrogen-bond acceptors (Lipinski definition) is 8. The van der Waals surface area contributed by atoms with E-state index in [1.807, 2.05) is 38.1 Å². The van der Waals surface area contributed by atoms with Crippen LogP contribution < -0.4 is 14.8 Å². The first kappa shape index (κ1) is 36.1. The molecule has 0 spiro atoms. The van der Waals surface area contributed by atoms with Gasteiger partial charge in [0, 0.05) is 59.2 Å². The first-order valence-corrected chi connectivity index (χ1v) is 20.4. The molecule has 0 saturated carbocycles. The molecule has 0 unspecified atom stereocenters. The first-order chi connectivity index (χ1) is 22.4. The number of piperazine rings is 1. The van der Waals surface area contributed by atoms with E-state index in [1.165, 1.54) is 21.9 Å². The Bertz CT molecular complexity index is 2050. The summed E-state index contributed by atoms with van der Waals surface area (Å²) in [6.07, 6.45) is 2.31. The quantitative estimate of drug-likeness (QED) is 0.184. The molecule has 5 rings (SSSR count). The standard InChI is InChI=1S/C34H41ClN4O6S3/c1-22(2)45-30-14-23(21-38-9-11-39(12-10-38)48(6,43)44)13-25(19-30)34(3,4)26-17-27(35)20-29(18-26)36-33(40)32-16-24-15-28(37-47(5,41)42)7-8-31(24)46-32/h7-8,13-20,22,37H,9-12,21H2,1-6H3,(H,36,40). The van der Waals surface area contributed by atoms with Gasteiger partial charge in [0.15, 0.2) is 0 Å². The van der Waals surface area contributed by atoms with E-state index in [2.05, 4.69) is 34.9 Å². The lowest BCUT2D eigenvalue weighted by Crippen LogP contribution is -2.47. The molecule has 1 aliphatic heterocycles. The number of carbonyl (C=O) groups is 1. The number of nitrogens with one attached hydrogen (secondary N) is 2. The summed E-state index contributed by atoms with van der Waals surface area (Å²) in [5, 5.41) is 4.22. The minimum atomic E-state index is -3.43. The van der Waals surface area contributed by atoms with E-state index >= 15 is 0 Å². The van der Waals surface area contributed by atoms with Gasteiger partial charge in [0.1, 0.15) is 5.75 Å². The van der Waals surface area contributed by atoms with Gasteiger partial charge in [-0.2, -0.15) is 4.31 Å². The number of sulfonamides is 2. The monoisotopic (exact) mass is 732 g/mol. The number of rotatable bonds is 11. The Morgan fingerprint density at radius 3 is 2.25 bits per heavy atom. The van der Waals surface area contributed by atoms with Gasteiger partial charge in [-0.1, -0.05) is 31.5 Å². The Morgan fingerprint density at radius 2 is 1.60 bits per heavy atom. The minimum absolute atomic E-state index is 0.0288. The van der Waals surface area contributed by atoms with Crippen LogP contribution in [0, 0.1) is 0 Å². The summed E-state index contributed by atoms with van der Waals surface area (Å²) in [4.78, 5) is 16.1. The van der Waals surface area contributed by atoms with E-state index < -0.39 is 25.5 Å². The number of amides is 1. The molecule has 2 N–H and O–H groups in total. The number of hydrogen-bond donors (Lipinski definition) is 2. The Hall–Kier alpha value is -3.20. The highest BCUT2D eigenvalue weighted by Crippen LogP contribution is 2.38. The molecule has 258 valence electrons. The van der Waals surface area contributed by atoms with Crippen molar-refractivity contribution >= 4 is 70.4 Å². The van der Waals surface area contributed by atoms with Gasteiger partial charge in [0.2, 0.25) is 20.0 Å². The van der Waals surface area contributed by atoms with E-state index in [1.54, 1.807) is 30.3 Å². The number of benzene rings is 3. The van der Waals surface area contributed by atoms with Crippen molar-refractivity contribution in [3.63, 3.8) is 0 Å². The van der Waals surface area contributed by atoms with Crippen molar-refractivity contribution in [2.45, 2.75) is 45.8 Å². The highest BCUT2D eigenvalue weighted by Gasteiger charge is 2.28. The number of nitrogens with zero attached hydrogens (tertiary/aromatic N) is 2. The van der Waals surface area contributed by atoms with Crippen LogP contribution in [0.25, 0.3) is 10.1 Å². The summed E-state index contributed by atoms with van der Waals surface area (Å²) in [5.41, 5.74) is 3.40. The molecule has 2 heterocycles. The lowest BCUT2D eigenvalue weighted by Gasteiger charge is -2.34. The topological polar surface area (TPSA) is 125 Å². The van der Waals surface area contributed by atoms with Crippen molar-refractivity contribution in [1.82, 2.24) is 9.21 Å². The normalized spacial score (nSPS) is 15.2. The Balaban J connectivity index is 1.39. The fourth-order valence-electron chi connectivity index (χ4n) is 5.75. The molecule has 0 radical (unpaired) electrons. The molecule has 1 aromatic heterocycles. The number of carbonyl (C=O) groups excluding carboxylic acids is 1. The van der Waals surface area contributed by atoms with Crippen LogP contribution in [-0.2, 0) is 32.0 Å². The third-order valence-electron chi connectivity index (χ3n) is 8.19. The van der Waals surface area contributed by atoms with Crippen LogP contribution >= 0.6 is 22.9 Å². The average molecular weight is 733 g/mol. The predicted molar refractivity (Wildman–Crippen MR) is 196 cm³/mol. The SMILES string of the molecule is CC(C)Oc1cc(CN2CCN(S(C)(=O)=O)CC2)cc(C(C)(C)c2cc(Cl)cc(NC(=O)c3cc4cc(NS(C)(=O)=O)ccc4s3)c2)c1. The largest absolute Gasteiger partial charge is 0.491 e. The maximum Gasteiger partial charge on any atom is 0.265 e. The molecule has 14 heteroatoms. The van der Waals surface area contributed by atoms with Crippen molar-refractivity contribution in [3.8, 4) is 5.75 Å². The van der Waals surface area contributed by atoms with Crippen molar-refractivity contribution in [1.29, 1.82) is 0 Å². The highest BCUT2D eigenvalue weighted by molar-refractivity contribution is 7.92. The second kappa shape index (κ2) is 14.0. The lowest BCUT2D eigenvalue weighted by atomic mass is 9.77. The van der Waals surface area contributed by atoms with Gasteiger partial charge in [0.05, 0.1) is 23.5 Å². The first-order valence-electron chi connectivity index (χ1n) is 15.5. The van der Waals surface area contributed by atoms with Crippen molar-refractivity contribution in [3.05, 3.63) is 87.3 Å². The molecule has 1 amide bonds. The van der Waals surface area contributed by atoms with Gasteiger partial charge in [-0.3, -0.25) is 14.4 Å². The number of halogens is 1. The molecule has 48 heavy (non-hydrogen) atoms. The van der Waals surface area contributed by atoms with Gasteiger partial charge < -0.3 is 10.1 Å².